The molecule has 0 spiro atoms. The SMILES string of the molecule is COc1ccc([N+](=O)[O-])cc1NC(=O)C(C)N1CCN(C(=O)c2ccc(Cl)cc2Cl)CC1. The van der Waals surface area contributed by atoms with Gasteiger partial charge in [0.1, 0.15) is 5.75 Å². The lowest BCUT2D eigenvalue weighted by Gasteiger charge is -2.37. The largest absolute Gasteiger partial charge is 0.495 e. The first kappa shape index (κ1) is 23.8. The summed E-state index contributed by atoms with van der Waals surface area (Å²) in [6, 6.07) is 8.23. The average molecular weight is 481 g/mol. The number of nitro groups is 1. The second-order valence-corrected chi connectivity index (χ2v) is 8.10. The summed E-state index contributed by atoms with van der Waals surface area (Å²) >= 11 is 12.0. The van der Waals surface area contributed by atoms with Gasteiger partial charge in [-0.2, -0.15) is 0 Å². The highest BCUT2D eigenvalue weighted by Gasteiger charge is 2.29. The summed E-state index contributed by atoms with van der Waals surface area (Å²) in [6.45, 7) is 3.56. The minimum Gasteiger partial charge on any atom is -0.495 e. The summed E-state index contributed by atoms with van der Waals surface area (Å²) in [5.41, 5.74) is 0.458. The minimum atomic E-state index is -0.540. The third-order valence-corrected chi connectivity index (χ3v) is 5.89. The van der Waals surface area contributed by atoms with Crippen molar-refractivity contribution in [2.75, 3.05) is 38.6 Å². The van der Waals surface area contributed by atoms with Gasteiger partial charge >= 0.3 is 0 Å². The fourth-order valence-electron chi connectivity index (χ4n) is 3.46. The van der Waals surface area contributed by atoms with Crippen LogP contribution in [0.4, 0.5) is 11.4 Å². The lowest BCUT2D eigenvalue weighted by atomic mass is 10.1. The molecule has 1 unspecified atom stereocenters. The molecule has 0 saturated carbocycles. The molecule has 0 aromatic heterocycles. The molecular formula is C21H22Cl2N4O5. The van der Waals surface area contributed by atoms with E-state index in [-0.39, 0.29) is 23.2 Å². The maximum absolute atomic E-state index is 12.8. The highest BCUT2D eigenvalue weighted by atomic mass is 35.5. The van der Waals surface area contributed by atoms with Crippen LogP contribution in [0, 0.1) is 10.1 Å². The molecule has 11 heteroatoms. The highest BCUT2D eigenvalue weighted by molar-refractivity contribution is 6.36. The van der Waals surface area contributed by atoms with Crippen molar-refractivity contribution in [3.8, 4) is 5.75 Å². The van der Waals surface area contributed by atoms with E-state index in [2.05, 4.69) is 5.32 Å². The maximum Gasteiger partial charge on any atom is 0.271 e. The Hall–Kier alpha value is -2.88. The zero-order chi connectivity index (χ0) is 23.4. The molecule has 1 aliphatic heterocycles. The van der Waals surface area contributed by atoms with Crippen molar-refractivity contribution in [3.05, 3.63) is 62.1 Å². The molecule has 1 atom stereocenters. The Balaban J connectivity index is 1.62. The number of rotatable bonds is 6. The second kappa shape index (κ2) is 10.2. The number of ether oxygens (including phenoxy) is 1. The number of hydrogen-bond donors (Lipinski definition) is 1. The van der Waals surface area contributed by atoms with Crippen LogP contribution in [0.1, 0.15) is 17.3 Å². The number of nitrogens with zero attached hydrogens (tertiary/aromatic N) is 3. The monoisotopic (exact) mass is 480 g/mol. The molecule has 0 bridgehead atoms. The highest BCUT2D eigenvalue weighted by Crippen LogP contribution is 2.29. The number of benzene rings is 2. The molecule has 0 radical (unpaired) electrons. The standard InChI is InChI=1S/C21H22Cl2N4O5/c1-13(20(28)24-18-12-15(27(30)31)4-6-19(18)32-2)25-7-9-26(10-8-25)21(29)16-5-3-14(22)11-17(16)23/h3-6,11-13H,7-10H2,1-2H3,(H,24,28). The molecule has 3 rings (SSSR count). The normalized spacial score (nSPS) is 15.2. The van der Waals surface area contributed by atoms with E-state index in [9.17, 15) is 19.7 Å². The van der Waals surface area contributed by atoms with Gasteiger partial charge in [-0.3, -0.25) is 24.6 Å². The van der Waals surface area contributed by atoms with Crippen LogP contribution in [0.3, 0.4) is 0 Å². The van der Waals surface area contributed by atoms with E-state index in [1.807, 2.05) is 4.90 Å². The van der Waals surface area contributed by atoms with Crippen LogP contribution in [0.5, 0.6) is 5.75 Å². The van der Waals surface area contributed by atoms with E-state index in [0.717, 1.165) is 0 Å². The van der Waals surface area contributed by atoms with Gasteiger partial charge in [0, 0.05) is 43.3 Å². The van der Waals surface area contributed by atoms with Crippen LogP contribution in [-0.2, 0) is 4.79 Å². The Labute approximate surface area is 195 Å². The van der Waals surface area contributed by atoms with E-state index in [4.69, 9.17) is 27.9 Å². The number of non-ortho nitro benzene ring substituents is 1. The molecule has 32 heavy (non-hydrogen) atoms. The first-order valence-corrected chi connectivity index (χ1v) is 10.6. The van der Waals surface area contributed by atoms with E-state index >= 15 is 0 Å². The lowest BCUT2D eigenvalue weighted by molar-refractivity contribution is -0.384. The van der Waals surface area contributed by atoms with Gasteiger partial charge in [0.2, 0.25) is 5.91 Å². The van der Waals surface area contributed by atoms with E-state index < -0.39 is 11.0 Å². The summed E-state index contributed by atoms with van der Waals surface area (Å²) in [5, 5.41) is 14.5. The van der Waals surface area contributed by atoms with Crippen LogP contribution in [0.25, 0.3) is 0 Å². The zero-order valence-electron chi connectivity index (χ0n) is 17.5. The topological polar surface area (TPSA) is 105 Å². The van der Waals surface area contributed by atoms with Crippen molar-refractivity contribution >= 4 is 46.4 Å². The Morgan fingerprint density at radius 3 is 2.41 bits per heavy atom. The van der Waals surface area contributed by atoms with Gasteiger partial charge in [-0.15, -0.1) is 0 Å². The van der Waals surface area contributed by atoms with Gasteiger partial charge in [0.25, 0.3) is 11.6 Å². The summed E-state index contributed by atoms with van der Waals surface area (Å²) in [6.07, 6.45) is 0. The van der Waals surface area contributed by atoms with Crippen molar-refractivity contribution < 1.29 is 19.2 Å². The van der Waals surface area contributed by atoms with Gasteiger partial charge in [-0.05, 0) is 31.2 Å². The molecule has 170 valence electrons. The number of halogens is 2. The van der Waals surface area contributed by atoms with Gasteiger partial charge < -0.3 is 15.0 Å². The van der Waals surface area contributed by atoms with Gasteiger partial charge in [-0.1, -0.05) is 23.2 Å². The molecule has 0 aliphatic carbocycles. The quantitative estimate of drug-likeness (QED) is 0.499. The fraction of sp³-hybridized carbons (Fsp3) is 0.333. The second-order valence-electron chi connectivity index (χ2n) is 7.26. The van der Waals surface area contributed by atoms with Crippen LogP contribution in [-0.4, -0.2) is 65.9 Å². The van der Waals surface area contributed by atoms with Gasteiger partial charge in [0.05, 0.1) is 34.3 Å². The third kappa shape index (κ3) is 5.29. The van der Waals surface area contributed by atoms with E-state index in [1.54, 1.807) is 24.0 Å². The molecule has 2 aromatic carbocycles. The minimum absolute atomic E-state index is 0.151. The van der Waals surface area contributed by atoms with Gasteiger partial charge in [-0.25, -0.2) is 0 Å². The molecule has 1 aliphatic rings. The van der Waals surface area contributed by atoms with E-state index in [0.29, 0.717) is 47.5 Å². The van der Waals surface area contributed by atoms with Crippen LogP contribution in [0.15, 0.2) is 36.4 Å². The summed E-state index contributed by atoms with van der Waals surface area (Å²) in [7, 11) is 1.42. The molecular weight excluding hydrogens is 459 g/mol. The number of nitrogens with one attached hydrogen (secondary N) is 1. The number of carbonyl (C=O) groups excluding carboxylic acids is 2. The third-order valence-electron chi connectivity index (χ3n) is 5.34. The lowest BCUT2D eigenvalue weighted by Crippen LogP contribution is -2.54. The first-order valence-electron chi connectivity index (χ1n) is 9.83. The smallest absolute Gasteiger partial charge is 0.271 e. The van der Waals surface area contributed by atoms with Crippen molar-refractivity contribution in [2.24, 2.45) is 0 Å². The average Bonchev–Trinajstić information content (AvgIpc) is 2.78. The number of methoxy groups -OCH3 is 1. The Kier molecular flexibility index (Phi) is 7.55. The Morgan fingerprint density at radius 2 is 1.81 bits per heavy atom. The number of carbonyl (C=O) groups is 2. The maximum atomic E-state index is 12.8. The predicted octanol–water partition coefficient (Wildman–Crippen LogP) is 3.70. The Morgan fingerprint density at radius 1 is 1.12 bits per heavy atom. The molecule has 2 aromatic rings. The number of piperazine rings is 1. The summed E-state index contributed by atoms with van der Waals surface area (Å²) < 4.78 is 5.19. The van der Waals surface area contributed by atoms with Crippen molar-refractivity contribution in [1.82, 2.24) is 9.80 Å². The van der Waals surface area contributed by atoms with Crippen molar-refractivity contribution in [2.45, 2.75) is 13.0 Å². The predicted molar refractivity (Wildman–Crippen MR) is 122 cm³/mol. The van der Waals surface area contributed by atoms with Crippen LogP contribution < -0.4 is 10.1 Å². The summed E-state index contributed by atoms with van der Waals surface area (Å²) in [5.74, 6) is -0.194. The molecule has 1 N–H and O–H groups in total. The van der Waals surface area contributed by atoms with E-state index in [1.165, 1.54) is 31.4 Å². The number of nitro benzene ring substituents is 1. The number of hydrogen-bond acceptors (Lipinski definition) is 6. The first-order chi connectivity index (χ1) is 15.2. The van der Waals surface area contributed by atoms with Gasteiger partial charge in [0.15, 0.2) is 0 Å². The number of amides is 2. The van der Waals surface area contributed by atoms with Crippen molar-refractivity contribution in [1.29, 1.82) is 0 Å². The van der Waals surface area contributed by atoms with Crippen LogP contribution in [0.2, 0.25) is 10.0 Å². The molecule has 1 saturated heterocycles. The molecule has 1 heterocycles. The Bertz CT molecular complexity index is 1040. The number of anilines is 1. The zero-order valence-corrected chi connectivity index (χ0v) is 19.0. The fourth-order valence-corrected chi connectivity index (χ4v) is 3.95. The molecule has 9 nitrogen and oxygen atoms in total. The molecule has 2 amide bonds. The van der Waals surface area contributed by atoms with Crippen LogP contribution >= 0.6 is 23.2 Å². The summed E-state index contributed by atoms with van der Waals surface area (Å²) in [4.78, 5) is 39.7. The molecule has 1 fully saturated rings. The van der Waals surface area contributed by atoms with Crippen molar-refractivity contribution in [3.63, 3.8) is 0 Å².